The van der Waals surface area contributed by atoms with Crippen LogP contribution in [0.4, 0.5) is 5.69 Å². The Morgan fingerprint density at radius 2 is 1.93 bits per heavy atom. The molecule has 0 radical (unpaired) electrons. The van der Waals surface area contributed by atoms with Crippen LogP contribution in [-0.4, -0.2) is 27.6 Å². The normalized spacial score (nSPS) is 17.8. The van der Waals surface area contributed by atoms with Crippen molar-refractivity contribution in [3.63, 3.8) is 0 Å². The van der Waals surface area contributed by atoms with Crippen LogP contribution in [0.5, 0.6) is 5.75 Å². The van der Waals surface area contributed by atoms with Gasteiger partial charge in [0.1, 0.15) is 0 Å². The van der Waals surface area contributed by atoms with Crippen molar-refractivity contribution in [2.45, 2.75) is 25.3 Å². The number of carbonyl (C=O) groups excluding carboxylic acids is 1. The zero-order valence-electron chi connectivity index (χ0n) is 15.8. The molecule has 1 aliphatic heterocycles. The van der Waals surface area contributed by atoms with Gasteiger partial charge in [0.2, 0.25) is 0 Å². The van der Waals surface area contributed by atoms with Gasteiger partial charge in [-0.25, -0.2) is 0 Å². The zero-order valence-corrected chi connectivity index (χ0v) is 16.6. The van der Waals surface area contributed by atoms with E-state index in [2.05, 4.69) is 41.8 Å². The Labute approximate surface area is 171 Å². The van der Waals surface area contributed by atoms with Crippen molar-refractivity contribution >= 4 is 35.6 Å². The molecule has 0 saturated carbocycles. The molecule has 1 atom stereocenters. The maximum Gasteiger partial charge on any atom is 0.311 e. The average Bonchev–Trinajstić information content (AvgIpc) is 3.02. The van der Waals surface area contributed by atoms with E-state index in [0.29, 0.717) is 16.4 Å². The van der Waals surface area contributed by atoms with Crippen molar-refractivity contribution in [1.29, 1.82) is 0 Å². The lowest BCUT2D eigenvalue weighted by Gasteiger charge is -2.07. The van der Waals surface area contributed by atoms with E-state index in [0.717, 1.165) is 5.56 Å². The summed E-state index contributed by atoms with van der Waals surface area (Å²) >= 11 is 1.22. The van der Waals surface area contributed by atoms with Crippen molar-refractivity contribution in [2.24, 2.45) is 5.10 Å². The van der Waals surface area contributed by atoms with Gasteiger partial charge in [-0.05, 0) is 34.8 Å². The fourth-order valence-electron chi connectivity index (χ4n) is 2.63. The van der Waals surface area contributed by atoms with E-state index in [9.17, 15) is 20.0 Å². The first kappa shape index (κ1) is 20.4. The van der Waals surface area contributed by atoms with Gasteiger partial charge in [-0.2, -0.15) is 5.10 Å². The Balaban J connectivity index is 1.63. The monoisotopic (exact) mass is 412 g/mol. The third-order valence-corrected chi connectivity index (χ3v) is 5.25. The first-order chi connectivity index (χ1) is 13.8. The smallest absolute Gasteiger partial charge is 0.311 e. The Bertz CT molecular complexity index is 986. The van der Waals surface area contributed by atoms with E-state index in [1.807, 2.05) is 12.1 Å². The Morgan fingerprint density at radius 3 is 2.59 bits per heavy atom. The van der Waals surface area contributed by atoms with Crippen LogP contribution >= 0.6 is 11.8 Å². The number of nitrogens with one attached hydrogen (secondary N) is 2. The highest BCUT2D eigenvalue weighted by Crippen LogP contribution is 2.31. The Hall–Kier alpha value is -3.33. The number of hydrogen-bond acceptors (Lipinski definition) is 7. The third kappa shape index (κ3) is 5.14. The first-order valence-electron chi connectivity index (χ1n) is 8.88. The lowest BCUT2D eigenvalue weighted by Crippen LogP contribution is -2.34. The van der Waals surface area contributed by atoms with Gasteiger partial charge in [0.05, 0.1) is 16.0 Å². The number of nitro benzene ring substituents is 1. The number of nitro groups is 1. The number of hydrogen-bond donors (Lipinski definition) is 3. The molecule has 1 aliphatic rings. The van der Waals surface area contributed by atoms with Crippen LogP contribution in [0.25, 0.3) is 6.08 Å². The van der Waals surface area contributed by atoms with Crippen molar-refractivity contribution in [2.75, 3.05) is 0 Å². The molecular weight excluding hydrogens is 392 g/mol. The number of aromatic hydroxyl groups is 1. The summed E-state index contributed by atoms with van der Waals surface area (Å²) in [5.74, 6) is -0.264. The molecule has 1 fully saturated rings. The number of benzene rings is 2. The molecule has 0 aliphatic carbocycles. The fraction of sp³-hybridized carbons (Fsp3) is 0.200. The number of nitrogens with zero attached hydrogens (tertiary/aromatic N) is 2. The molecule has 9 heteroatoms. The highest BCUT2D eigenvalue weighted by atomic mass is 32.2. The minimum Gasteiger partial charge on any atom is -0.502 e. The number of hydrazone groups is 1. The molecule has 150 valence electrons. The minimum atomic E-state index is -0.675. The maximum atomic E-state index is 12.1. The van der Waals surface area contributed by atoms with E-state index in [1.165, 1.54) is 41.6 Å². The Morgan fingerprint density at radius 1 is 1.24 bits per heavy atom. The SMILES string of the molecule is CC(C)c1ccc(C=NN[C@@H]2NC(=O)/C(=C/c3ccc(O)c([N+](=O)[O-])c3)S2)cc1. The molecule has 0 spiro atoms. The van der Waals surface area contributed by atoms with Crippen LogP contribution < -0.4 is 10.7 Å². The Kier molecular flexibility index (Phi) is 6.18. The molecule has 1 amide bonds. The summed E-state index contributed by atoms with van der Waals surface area (Å²) in [7, 11) is 0. The molecule has 29 heavy (non-hydrogen) atoms. The van der Waals surface area contributed by atoms with Gasteiger partial charge in [-0.3, -0.25) is 20.3 Å². The average molecular weight is 412 g/mol. The van der Waals surface area contributed by atoms with Gasteiger partial charge in [-0.15, -0.1) is 0 Å². The molecule has 3 rings (SSSR count). The van der Waals surface area contributed by atoms with Gasteiger partial charge in [-0.1, -0.05) is 55.9 Å². The van der Waals surface area contributed by atoms with Gasteiger partial charge in [0.15, 0.2) is 11.2 Å². The maximum absolute atomic E-state index is 12.1. The topological polar surface area (TPSA) is 117 Å². The van der Waals surface area contributed by atoms with E-state index < -0.39 is 21.9 Å². The summed E-state index contributed by atoms with van der Waals surface area (Å²) in [4.78, 5) is 22.8. The van der Waals surface area contributed by atoms with Gasteiger partial charge >= 0.3 is 5.69 Å². The predicted octanol–water partition coefficient (Wildman–Crippen LogP) is 3.54. The molecule has 1 saturated heterocycles. The highest BCUT2D eigenvalue weighted by Gasteiger charge is 2.27. The second kappa shape index (κ2) is 8.78. The van der Waals surface area contributed by atoms with Crippen molar-refractivity contribution < 1.29 is 14.8 Å². The number of carbonyl (C=O) groups is 1. The second-order valence-corrected chi connectivity index (χ2v) is 7.84. The number of phenolic OH excluding ortho intramolecular Hbond substituents is 1. The largest absolute Gasteiger partial charge is 0.502 e. The van der Waals surface area contributed by atoms with Gasteiger partial charge in [0.25, 0.3) is 5.91 Å². The van der Waals surface area contributed by atoms with Crippen molar-refractivity contribution in [3.8, 4) is 5.75 Å². The van der Waals surface area contributed by atoms with Crippen LogP contribution in [0.15, 0.2) is 52.5 Å². The molecule has 0 aromatic heterocycles. The fourth-order valence-corrected chi connectivity index (χ4v) is 3.54. The standard InChI is InChI=1S/C20H20N4O4S/c1-12(2)15-6-3-13(4-7-15)11-21-23-20-22-19(26)18(29-20)10-14-5-8-17(25)16(9-14)24(27)28/h3-12,20,23,25H,1-2H3,(H,22,26)/b18-10-,21-11?/t20-/m0/s1. The second-order valence-electron chi connectivity index (χ2n) is 6.69. The summed E-state index contributed by atoms with van der Waals surface area (Å²) in [5, 5.41) is 27.3. The number of amides is 1. The predicted molar refractivity (Wildman–Crippen MR) is 114 cm³/mol. The number of phenols is 1. The summed E-state index contributed by atoms with van der Waals surface area (Å²) in [6, 6.07) is 12.0. The van der Waals surface area contributed by atoms with Crippen molar-refractivity contribution in [1.82, 2.24) is 10.7 Å². The van der Waals surface area contributed by atoms with Crippen molar-refractivity contribution in [3.05, 3.63) is 74.2 Å². The van der Waals surface area contributed by atoms with E-state index in [4.69, 9.17) is 0 Å². The summed E-state index contributed by atoms with van der Waals surface area (Å²) in [6.07, 6.45) is 3.20. The van der Waals surface area contributed by atoms with Crippen LogP contribution in [0.3, 0.4) is 0 Å². The zero-order chi connectivity index (χ0) is 21.0. The van der Waals surface area contributed by atoms with Crippen LogP contribution in [0, 0.1) is 10.1 Å². The number of thioether (sulfide) groups is 1. The summed E-state index contributed by atoms with van der Waals surface area (Å²) < 4.78 is 0. The van der Waals surface area contributed by atoms with E-state index in [1.54, 1.807) is 6.21 Å². The van der Waals surface area contributed by atoms with Crippen LogP contribution in [0.1, 0.15) is 36.5 Å². The molecule has 2 aromatic rings. The lowest BCUT2D eigenvalue weighted by molar-refractivity contribution is -0.385. The van der Waals surface area contributed by atoms with E-state index >= 15 is 0 Å². The van der Waals surface area contributed by atoms with E-state index in [-0.39, 0.29) is 5.91 Å². The van der Waals surface area contributed by atoms with Gasteiger partial charge in [0, 0.05) is 6.07 Å². The molecule has 3 N–H and O–H groups in total. The van der Waals surface area contributed by atoms with Crippen LogP contribution in [0.2, 0.25) is 0 Å². The molecule has 2 aromatic carbocycles. The van der Waals surface area contributed by atoms with Gasteiger partial charge < -0.3 is 10.4 Å². The third-order valence-electron chi connectivity index (χ3n) is 4.23. The number of rotatable bonds is 6. The molecular formula is C20H20N4O4S. The molecule has 8 nitrogen and oxygen atoms in total. The lowest BCUT2D eigenvalue weighted by atomic mass is 10.0. The molecule has 1 heterocycles. The first-order valence-corrected chi connectivity index (χ1v) is 9.76. The molecule has 0 bridgehead atoms. The highest BCUT2D eigenvalue weighted by molar-refractivity contribution is 8.05. The summed E-state index contributed by atoms with van der Waals surface area (Å²) in [6.45, 7) is 4.26. The quantitative estimate of drug-likeness (QED) is 0.289. The summed E-state index contributed by atoms with van der Waals surface area (Å²) in [5.41, 5.74) is 4.63. The molecule has 0 unspecified atom stereocenters. The van der Waals surface area contributed by atoms with Crippen LogP contribution in [-0.2, 0) is 4.79 Å². The minimum absolute atomic E-state index is 0.306.